The number of hydrogen-bond acceptors (Lipinski definition) is 4. The van der Waals surface area contributed by atoms with Gasteiger partial charge in [-0.15, -0.1) is 0 Å². The summed E-state index contributed by atoms with van der Waals surface area (Å²) >= 11 is 0. The van der Waals surface area contributed by atoms with Gasteiger partial charge in [-0.1, -0.05) is 6.58 Å². The lowest BCUT2D eigenvalue weighted by atomic mass is 10.1. The topological polar surface area (TPSA) is 67.6 Å². The van der Waals surface area contributed by atoms with Crippen molar-refractivity contribution in [2.24, 2.45) is 16.5 Å². The van der Waals surface area contributed by atoms with Crippen molar-refractivity contribution in [2.75, 3.05) is 13.1 Å². The van der Waals surface area contributed by atoms with Gasteiger partial charge in [-0.25, -0.2) is 4.99 Å². The van der Waals surface area contributed by atoms with E-state index in [9.17, 15) is 0 Å². The molecular weight excluding hydrogens is 176 g/mol. The molecule has 0 amide bonds. The van der Waals surface area contributed by atoms with Gasteiger partial charge in [0.1, 0.15) is 5.82 Å². The van der Waals surface area contributed by atoms with E-state index < -0.39 is 0 Å². The first-order valence-electron chi connectivity index (χ1n) is 4.89. The molecule has 0 radical (unpaired) electrons. The van der Waals surface area contributed by atoms with Crippen LogP contribution < -0.4 is 11.5 Å². The second-order valence-corrected chi connectivity index (χ2v) is 3.39. The van der Waals surface area contributed by atoms with E-state index in [4.69, 9.17) is 11.5 Å². The van der Waals surface area contributed by atoms with Crippen molar-refractivity contribution in [3.8, 4) is 0 Å². The van der Waals surface area contributed by atoms with E-state index in [2.05, 4.69) is 16.5 Å². The number of allylic oxidation sites excluding steroid dienone is 1. The minimum Gasteiger partial charge on any atom is -0.403 e. The van der Waals surface area contributed by atoms with E-state index in [1.165, 1.54) is 31.7 Å². The van der Waals surface area contributed by atoms with Crippen LogP contribution in [0.1, 0.15) is 19.3 Å². The summed E-state index contributed by atoms with van der Waals surface area (Å²) in [5, 5.41) is 0. The van der Waals surface area contributed by atoms with Crippen LogP contribution in [-0.2, 0) is 0 Å². The Morgan fingerprint density at radius 3 is 2.50 bits per heavy atom. The Morgan fingerprint density at radius 2 is 1.93 bits per heavy atom. The van der Waals surface area contributed by atoms with Crippen molar-refractivity contribution in [1.29, 1.82) is 0 Å². The van der Waals surface area contributed by atoms with Gasteiger partial charge in [0, 0.05) is 19.3 Å². The van der Waals surface area contributed by atoms with E-state index in [0.717, 1.165) is 18.9 Å². The summed E-state index contributed by atoms with van der Waals surface area (Å²) in [4.78, 5) is 6.32. The van der Waals surface area contributed by atoms with Crippen LogP contribution in [0.5, 0.6) is 0 Å². The summed E-state index contributed by atoms with van der Waals surface area (Å²) in [5.41, 5.74) is 11.2. The molecule has 0 atom stereocenters. The molecule has 0 aromatic heterocycles. The van der Waals surface area contributed by atoms with Crippen molar-refractivity contribution in [2.45, 2.75) is 19.3 Å². The Morgan fingerprint density at radius 1 is 1.29 bits per heavy atom. The second-order valence-electron chi connectivity index (χ2n) is 3.39. The average molecular weight is 194 g/mol. The molecule has 4 nitrogen and oxygen atoms in total. The first-order valence-corrected chi connectivity index (χ1v) is 4.89. The van der Waals surface area contributed by atoms with Gasteiger partial charge in [-0.3, -0.25) is 0 Å². The van der Waals surface area contributed by atoms with Crippen LogP contribution in [0.3, 0.4) is 0 Å². The predicted octanol–water partition coefficient (Wildman–Crippen LogP) is 0.773. The highest BCUT2D eigenvalue weighted by Gasteiger charge is 2.10. The Balaban J connectivity index is 2.44. The van der Waals surface area contributed by atoms with E-state index in [1.807, 2.05) is 0 Å². The number of likely N-dealkylation sites (tertiary alicyclic amines) is 1. The Kier molecular flexibility index (Phi) is 4.04. The SMILES string of the molecule is C=C(N=C/C(N)=C\N)N1CCCCC1. The molecule has 1 saturated heterocycles. The average Bonchev–Trinajstić information content (AvgIpc) is 2.26. The molecule has 4 heteroatoms. The third-order valence-electron chi connectivity index (χ3n) is 2.28. The lowest BCUT2D eigenvalue weighted by Crippen LogP contribution is -2.28. The predicted molar refractivity (Wildman–Crippen MR) is 59.5 cm³/mol. The zero-order valence-electron chi connectivity index (χ0n) is 8.45. The normalized spacial score (nSPS) is 18.9. The summed E-state index contributed by atoms with van der Waals surface area (Å²) in [6.45, 7) is 5.98. The van der Waals surface area contributed by atoms with Crippen LogP contribution in [-0.4, -0.2) is 24.2 Å². The smallest absolute Gasteiger partial charge is 0.121 e. The maximum absolute atomic E-state index is 5.48. The molecule has 0 unspecified atom stereocenters. The van der Waals surface area contributed by atoms with Gasteiger partial charge < -0.3 is 16.4 Å². The van der Waals surface area contributed by atoms with Crippen LogP contribution in [0.4, 0.5) is 0 Å². The maximum atomic E-state index is 5.48. The van der Waals surface area contributed by atoms with Gasteiger partial charge in [-0.2, -0.15) is 0 Å². The summed E-state index contributed by atoms with van der Waals surface area (Å²) in [5.74, 6) is 0.773. The highest BCUT2D eigenvalue weighted by Crippen LogP contribution is 2.13. The molecule has 1 aliphatic rings. The first-order chi connectivity index (χ1) is 6.74. The molecular formula is C10H18N4. The molecule has 0 aromatic carbocycles. The Bertz CT molecular complexity index is 249. The standard InChI is InChI=1S/C10H18N4/c1-9(13-8-10(12)7-11)14-5-3-2-4-6-14/h7-8H,1-6,11-12H2/b10-7+,13-8?. The van der Waals surface area contributed by atoms with Crippen LogP contribution in [0, 0.1) is 0 Å². The largest absolute Gasteiger partial charge is 0.403 e. The molecule has 0 bridgehead atoms. The molecule has 0 aromatic rings. The maximum Gasteiger partial charge on any atom is 0.121 e. The lowest BCUT2D eigenvalue weighted by Gasteiger charge is -2.27. The quantitative estimate of drug-likeness (QED) is 0.652. The zero-order chi connectivity index (χ0) is 10.4. The van der Waals surface area contributed by atoms with Crippen LogP contribution in [0.15, 0.2) is 29.3 Å². The van der Waals surface area contributed by atoms with Crippen LogP contribution in [0.25, 0.3) is 0 Å². The number of hydrogen-bond donors (Lipinski definition) is 2. The molecule has 0 saturated carbocycles. The first kappa shape index (κ1) is 10.6. The molecule has 1 heterocycles. The minimum atomic E-state index is 0.461. The highest BCUT2D eigenvalue weighted by molar-refractivity contribution is 5.77. The molecule has 1 aliphatic heterocycles. The van der Waals surface area contributed by atoms with Gasteiger partial charge >= 0.3 is 0 Å². The zero-order valence-corrected chi connectivity index (χ0v) is 8.45. The minimum absolute atomic E-state index is 0.461. The molecule has 78 valence electrons. The number of nitrogens with zero attached hydrogens (tertiary/aromatic N) is 2. The van der Waals surface area contributed by atoms with Crippen molar-refractivity contribution in [1.82, 2.24) is 4.90 Å². The summed E-state index contributed by atoms with van der Waals surface area (Å²) in [6.07, 6.45) is 6.61. The van der Waals surface area contributed by atoms with E-state index >= 15 is 0 Å². The molecule has 14 heavy (non-hydrogen) atoms. The van der Waals surface area contributed by atoms with Gasteiger partial charge in [0.05, 0.1) is 11.9 Å². The number of nitrogens with two attached hydrogens (primary N) is 2. The fourth-order valence-corrected chi connectivity index (χ4v) is 1.43. The highest BCUT2D eigenvalue weighted by atomic mass is 15.2. The summed E-state index contributed by atoms with van der Waals surface area (Å²) in [7, 11) is 0. The van der Waals surface area contributed by atoms with Crippen molar-refractivity contribution >= 4 is 6.21 Å². The molecule has 0 aliphatic carbocycles. The summed E-state index contributed by atoms with van der Waals surface area (Å²) < 4.78 is 0. The Labute approximate surface area is 85.0 Å². The number of piperidine rings is 1. The monoisotopic (exact) mass is 194 g/mol. The lowest BCUT2D eigenvalue weighted by molar-refractivity contribution is 0.284. The molecule has 1 rings (SSSR count). The third-order valence-corrected chi connectivity index (χ3v) is 2.28. The fraction of sp³-hybridized carbons (Fsp3) is 0.500. The van der Waals surface area contributed by atoms with Crippen molar-refractivity contribution < 1.29 is 0 Å². The Hall–Kier alpha value is -1.45. The van der Waals surface area contributed by atoms with Gasteiger partial charge in [-0.05, 0) is 19.3 Å². The number of rotatable bonds is 3. The fourth-order valence-electron chi connectivity index (χ4n) is 1.43. The van der Waals surface area contributed by atoms with E-state index in [1.54, 1.807) is 0 Å². The number of aliphatic imine (C=N–C) groups is 1. The van der Waals surface area contributed by atoms with E-state index in [-0.39, 0.29) is 0 Å². The van der Waals surface area contributed by atoms with Gasteiger partial charge in [0.2, 0.25) is 0 Å². The molecule has 0 spiro atoms. The van der Waals surface area contributed by atoms with Crippen LogP contribution in [0.2, 0.25) is 0 Å². The third kappa shape index (κ3) is 3.12. The molecule has 4 N–H and O–H groups in total. The molecule has 1 fully saturated rings. The van der Waals surface area contributed by atoms with Crippen molar-refractivity contribution in [3.63, 3.8) is 0 Å². The summed E-state index contributed by atoms with van der Waals surface area (Å²) in [6, 6.07) is 0. The van der Waals surface area contributed by atoms with E-state index in [0.29, 0.717) is 5.70 Å². The van der Waals surface area contributed by atoms with Gasteiger partial charge in [0.25, 0.3) is 0 Å². The van der Waals surface area contributed by atoms with Crippen LogP contribution >= 0.6 is 0 Å². The van der Waals surface area contributed by atoms with Gasteiger partial charge in [0.15, 0.2) is 0 Å². The van der Waals surface area contributed by atoms with Crippen molar-refractivity contribution in [3.05, 3.63) is 24.3 Å². The second kappa shape index (κ2) is 5.32.